The minimum atomic E-state index is -3.82. The highest BCUT2D eigenvalue weighted by Crippen LogP contribution is 2.27. The van der Waals surface area contributed by atoms with Gasteiger partial charge in [-0.2, -0.15) is 0 Å². The van der Waals surface area contributed by atoms with Gasteiger partial charge in [0.25, 0.3) is 0 Å². The van der Waals surface area contributed by atoms with Crippen LogP contribution in [0.15, 0.2) is 36.4 Å². The van der Waals surface area contributed by atoms with Gasteiger partial charge in [0.05, 0.1) is 17.0 Å². The van der Waals surface area contributed by atoms with Crippen molar-refractivity contribution in [2.45, 2.75) is 52.6 Å². The molecule has 0 bridgehead atoms. The molecule has 5 nitrogen and oxygen atoms in total. The molecule has 0 saturated heterocycles. The topological polar surface area (TPSA) is 66.5 Å². The molecule has 1 amide bonds. The number of halogens is 2. The average molecular weight is 455 g/mol. The minimum Gasteiger partial charge on any atom is -0.350 e. The molecule has 0 aromatic heterocycles. The summed E-state index contributed by atoms with van der Waals surface area (Å²) in [5, 5.41) is 2.66. The highest BCUT2D eigenvalue weighted by atomic mass is 35.5. The number of nitrogens with zero attached hydrogens (tertiary/aromatic N) is 1. The standard InChI is InChI=1S/C22H28ClFN2O3S/c1-5-15-8-9-16(6-2)17(12-15)14-25-22(27)21(7-3)26(30(4,28)29)18-10-11-20(24)19(23)13-18/h8-13,21H,5-7,14H2,1-4H3,(H,25,27). The van der Waals surface area contributed by atoms with Crippen LogP contribution in [-0.4, -0.2) is 26.6 Å². The molecule has 1 unspecified atom stereocenters. The second kappa shape index (κ2) is 10.3. The van der Waals surface area contributed by atoms with Gasteiger partial charge in [0.15, 0.2) is 0 Å². The lowest BCUT2D eigenvalue weighted by Gasteiger charge is -2.30. The van der Waals surface area contributed by atoms with Crippen molar-refractivity contribution < 1.29 is 17.6 Å². The van der Waals surface area contributed by atoms with Crippen LogP contribution in [0.5, 0.6) is 0 Å². The minimum absolute atomic E-state index is 0.146. The highest BCUT2D eigenvalue weighted by molar-refractivity contribution is 7.92. The van der Waals surface area contributed by atoms with Crippen LogP contribution in [0.2, 0.25) is 5.02 Å². The predicted octanol–water partition coefficient (Wildman–Crippen LogP) is 4.46. The maximum atomic E-state index is 13.6. The van der Waals surface area contributed by atoms with Crippen molar-refractivity contribution in [1.29, 1.82) is 0 Å². The zero-order chi connectivity index (χ0) is 22.5. The van der Waals surface area contributed by atoms with Gasteiger partial charge in [0.1, 0.15) is 11.9 Å². The average Bonchev–Trinajstić information content (AvgIpc) is 2.71. The molecular weight excluding hydrogens is 427 g/mol. The van der Waals surface area contributed by atoms with Crippen LogP contribution in [0, 0.1) is 5.82 Å². The van der Waals surface area contributed by atoms with Crippen LogP contribution in [0.4, 0.5) is 10.1 Å². The molecule has 0 radical (unpaired) electrons. The van der Waals surface area contributed by atoms with Gasteiger partial charge in [0, 0.05) is 6.54 Å². The molecule has 2 aromatic rings. The summed E-state index contributed by atoms with van der Waals surface area (Å²) in [7, 11) is -3.82. The van der Waals surface area contributed by atoms with Crippen molar-refractivity contribution in [2.75, 3.05) is 10.6 Å². The Morgan fingerprint density at radius 1 is 1.10 bits per heavy atom. The van der Waals surface area contributed by atoms with Crippen LogP contribution in [-0.2, 0) is 34.2 Å². The smallest absolute Gasteiger partial charge is 0.244 e. The molecule has 1 atom stereocenters. The Kier molecular flexibility index (Phi) is 8.26. The maximum absolute atomic E-state index is 13.6. The summed E-state index contributed by atoms with van der Waals surface area (Å²) in [5.41, 5.74) is 3.46. The van der Waals surface area contributed by atoms with E-state index in [4.69, 9.17) is 11.6 Å². The molecule has 0 aliphatic rings. The lowest BCUT2D eigenvalue weighted by molar-refractivity contribution is -0.122. The van der Waals surface area contributed by atoms with E-state index in [2.05, 4.69) is 30.4 Å². The number of hydrogen-bond donors (Lipinski definition) is 1. The maximum Gasteiger partial charge on any atom is 0.244 e. The zero-order valence-corrected chi connectivity index (χ0v) is 19.3. The summed E-state index contributed by atoms with van der Waals surface area (Å²) in [6, 6.07) is 8.81. The molecule has 0 saturated carbocycles. The van der Waals surface area contributed by atoms with Crippen molar-refractivity contribution in [3.63, 3.8) is 0 Å². The van der Waals surface area contributed by atoms with Gasteiger partial charge >= 0.3 is 0 Å². The third-order valence-electron chi connectivity index (χ3n) is 5.00. The first-order valence-corrected chi connectivity index (χ1v) is 12.2. The lowest BCUT2D eigenvalue weighted by atomic mass is 10.0. The lowest BCUT2D eigenvalue weighted by Crippen LogP contribution is -2.49. The molecule has 8 heteroatoms. The predicted molar refractivity (Wildman–Crippen MR) is 120 cm³/mol. The number of hydrogen-bond acceptors (Lipinski definition) is 3. The molecule has 0 aliphatic heterocycles. The number of carbonyl (C=O) groups excluding carboxylic acids is 1. The molecule has 30 heavy (non-hydrogen) atoms. The van der Waals surface area contributed by atoms with Crippen molar-refractivity contribution >= 4 is 33.2 Å². The van der Waals surface area contributed by atoms with Crippen LogP contribution >= 0.6 is 11.6 Å². The quantitative estimate of drug-likeness (QED) is 0.608. The van der Waals surface area contributed by atoms with Crippen LogP contribution in [0.1, 0.15) is 43.9 Å². The van der Waals surface area contributed by atoms with Crippen molar-refractivity contribution in [1.82, 2.24) is 5.32 Å². The number of carbonyl (C=O) groups is 1. The van der Waals surface area contributed by atoms with Gasteiger partial charge in [-0.05, 0) is 54.2 Å². The number of amides is 1. The second-order valence-corrected chi connectivity index (χ2v) is 9.38. The van der Waals surface area contributed by atoms with Crippen molar-refractivity contribution in [3.05, 3.63) is 63.9 Å². The van der Waals surface area contributed by atoms with Crippen molar-refractivity contribution in [3.8, 4) is 0 Å². The second-order valence-electron chi connectivity index (χ2n) is 7.11. The number of anilines is 1. The van der Waals surface area contributed by atoms with E-state index in [-0.39, 0.29) is 17.1 Å². The number of rotatable bonds is 9. The number of benzene rings is 2. The molecule has 0 fully saturated rings. The Hall–Kier alpha value is -2.12. The molecule has 164 valence electrons. The SMILES string of the molecule is CCc1ccc(CC)c(CNC(=O)C(CC)N(c2ccc(F)c(Cl)c2)S(C)(=O)=O)c1. The third-order valence-corrected chi connectivity index (χ3v) is 6.47. The Morgan fingerprint density at radius 2 is 1.80 bits per heavy atom. The molecule has 1 N–H and O–H groups in total. The Bertz CT molecular complexity index is 1010. The van der Waals surface area contributed by atoms with Crippen LogP contribution in [0.3, 0.4) is 0 Å². The Labute approximate surface area is 183 Å². The van der Waals surface area contributed by atoms with E-state index in [1.807, 2.05) is 6.92 Å². The summed E-state index contributed by atoms with van der Waals surface area (Å²) in [5.74, 6) is -1.08. The number of nitrogens with one attached hydrogen (secondary N) is 1. The largest absolute Gasteiger partial charge is 0.350 e. The van der Waals surface area contributed by atoms with Gasteiger partial charge in [-0.25, -0.2) is 12.8 Å². The summed E-state index contributed by atoms with van der Waals surface area (Å²) in [4.78, 5) is 13.0. The zero-order valence-electron chi connectivity index (χ0n) is 17.7. The molecule has 0 spiro atoms. The van der Waals surface area contributed by atoms with Gasteiger partial charge in [0.2, 0.25) is 15.9 Å². The van der Waals surface area contributed by atoms with E-state index in [0.29, 0.717) is 6.54 Å². The summed E-state index contributed by atoms with van der Waals surface area (Å²) < 4.78 is 39.6. The fourth-order valence-corrected chi connectivity index (χ4v) is 4.77. The molecule has 0 aliphatic carbocycles. The number of aryl methyl sites for hydroxylation is 2. The van der Waals surface area contributed by atoms with Crippen LogP contribution < -0.4 is 9.62 Å². The first kappa shape index (κ1) is 24.2. The third kappa shape index (κ3) is 5.73. The first-order valence-electron chi connectivity index (χ1n) is 9.95. The molecule has 2 rings (SSSR count). The van der Waals surface area contributed by atoms with Crippen LogP contribution in [0.25, 0.3) is 0 Å². The monoisotopic (exact) mass is 454 g/mol. The fraction of sp³-hybridized carbons (Fsp3) is 0.409. The molecular formula is C22H28ClFN2O3S. The van der Waals surface area contributed by atoms with E-state index in [0.717, 1.165) is 40.6 Å². The van der Waals surface area contributed by atoms with E-state index >= 15 is 0 Å². The van der Waals surface area contributed by atoms with E-state index < -0.39 is 27.8 Å². The van der Waals surface area contributed by atoms with Gasteiger partial charge in [-0.1, -0.05) is 50.6 Å². The van der Waals surface area contributed by atoms with E-state index in [1.165, 1.54) is 17.7 Å². The van der Waals surface area contributed by atoms with Gasteiger partial charge in [-0.3, -0.25) is 9.10 Å². The van der Waals surface area contributed by atoms with E-state index in [9.17, 15) is 17.6 Å². The Balaban J connectivity index is 2.31. The number of sulfonamides is 1. The summed E-state index contributed by atoms with van der Waals surface area (Å²) in [6.07, 6.45) is 2.97. The van der Waals surface area contributed by atoms with Gasteiger partial charge < -0.3 is 5.32 Å². The van der Waals surface area contributed by atoms with Gasteiger partial charge in [-0.15, -0.1) is 0 Å². The first-order chi connectivity index (χ1) is 14.1. The highest BCUT2D eigenvalue weighted by Gasteiger charge is 2.31. The van der Waals surface area contributed by atoms with Crippen molar-refractivity contribution in [2.24, 2.45) is 0 Å². The summed E-state index contributed by atoms with van der Waals surface area (Å²) >= 11 is 5.84. The normalized spacial score (nSPS) is 12.5. The summed E-state index contributed by atoms with van der Waals surface area (Å²) in [6.45, 7) is 6.13. The molecule has 2 aromatic carbocycles. The molecule has 0 heterocycles. The fourth-order valence-electron chi connectivity index (χ4n) is 3.39. The Morgan fingerprint density at radius 3 is 2.33 bits per heavy atom. The van der Waals surface area contributed by atoms with E-state index in [1.54, 1.807) is 6.92 Å².